The molecule has 4 heteroatoms. The SMILES string of the molecule is CC(=O)Oc1cc2c(n(Cc3ccccc3)c1=O)CCCC2. The summed E-state index contributed by atoms with van der Waals surface area (Å²) in [5.74, 6) is -0.316. The molecule has 0 unspecified atom stereocenters. The molecule has 0 saturated carbocycles. The molecule has 2 aromatic rings. The zero-order chi connectivity index (χ0) is 15.5. The van der Waals surface area contributed by atoms with Gasteiger partial charge in [0.05, 0.1) is 6.54 Å². The molecule has 0 N–H and O–H groups in total. The number of pyridine rings is 1. The summed E-state index contributed by atoms with van der Waals surface area (Å²) < 4.78 is 6.88. The second-order valence-electron chi connectivity index (χ2n) is 5.66. The van der Waals surface area contributed by atoms with E-state index in [1.807, 2.05) is 30.3 Å². The highest BCUT2D eigenvalue weighted by Crippen LogP contribution is 2.23. The van der Waals surface area contributed by atoms with Crippen LogP contribution in [0.15, 0.2) is 41.2 Å². The van der Waals surface area contributed by atoms with Crippen LogP contribution in [0.25, 0.3) is 0 Å². The lowest BCUT2D eigenvalue weighted by molar-refractivity contribution is -0.132. The van der Waals surface area contributed by atoms with Crippen molar-refractivity contribution in [3.8, 4) is 5.75 Å². The molecule has 1 aliphatic rings. The first kappa shape index (κ1) is 14.6. The van der Waals surface area contributed by atoms with Crippen molar-refractivity contribution in [2.24, 2.45) is 0 Å². The average molecular weight is 297 g/mol. The third kappa shape index (κ3) is 2.96. The van der Waals surface area contributed by atoms with Crippen molar-refractivity contribution in [1.29, 1.82) is 0 Å². The Bertz CT molecular complexity index is 747. The molecular formula is C18H19NO3. The summed E-state index contributed by atoms with van der Waals surface area (Å²) in [4.78, 5) is 23.9. The fourth-order valence-electron chi connectivity index (χ4n) is 3.01. The number of aryl methyl sites for hydroxylation is 1. The van der Waals surface area contributed by atoms with Gasteiger partial charge in [0, 0.05) is 12.6 Å². The third-order valence-electron chi connectivity index (χ3n) is 4.00. The molecule has 0 amide bonds. The summed E-state index contributed by atoms with van der Waals surface area (Å²) in [5, 5.41) is 0. The maximum Gasteiger partial charge on any atom is 0.308 e. The number of esters is 1. The van der Waals surface area contributed by atoms with Gasteiger partial charge in [-0.3, -0.25) is 9.59 Å². The van der Waals surface area contributed by atoms with Crippen LogP contribution in [-0.4, -0.2) is 10.5 Å². The fraction of sp³-hybridized carbons (Fsp3) is 0.333. The Morgan fingerprint density at radius 2 is 1.91 bits per heavy atom. The highest BCUT2D eigenvalue weighted by molar-refractivity contribution is 5.69. The van der Waals surface area contributed by atoms with Gasteiger partial charge in [-0.25, -0.2) is 0 Å². The first-order valence-electron chi connectivity index (χ1n) is 7.63. The number of nitrogens with zero attached hydrogens (tertiary/aromatic N) is 1. The van der Waals surface area contributed by atoms with Crippen molar-refractivity contribution >= 4 is 5.97 Å². The van der Waals surface area contributed by atoms with Crippen molar-refractivity contribution in [2.45, 2.75) is 39.2 Å². The Hall–Kier alpha value is -2.36. The van der Waals surface area contributed by atoms with E-state index in [0.29, 0.717) is 6.54 Å². The van der Waals surface area contributed by atoms with E-state index in [4.69, 9.17) is 4.74 Å². The van der Waals surface area contributed by atoms with E-state index in [1.165, 1.54) is 6.92 Å². The molecule has 3 rings (SSSR count). The fourth-order valence-corrected chi connectivity index (χ4v) is 3.01. The summed E-state index contributed by atoms with van der Waals surface area (Å²) in [6.07, 6.45) is 4.03. The van der Waals surface area contributed by atoms with E-state index < -0.39 is 5.97 Å². The van der Waals surface area contributed by atoms with Gasteiger partial charge >= 0.3 is 5.97 Å². The van der Waals surface area contributed by atoms with Gasteiger partial charge in [0.25, 0.3) is 5.56 Å². The number of hydrogen-bond donors (Lipinski definition) is 0. The molecule has 0 aliphatic heterocycles. The number of rotatable bonds is 3. The van der Waals surface area contributed by atoms with E-state index in [0.717, 1.165) is 42.5 Å². The van der Waals surface area contributed by atoms with E-state index in [1.54, 1.807) is 10.6 Å². The van der Waals surface area contributed by atoms with Crippen LogP contribution in [0.5, 0.6) is 5.75 Å². The van der Waals surface area contributed by atoms with Gasteiger partial charge in [0.2, 0.25) is 0 Å². The van der Waals surface area contributed by atoms with Gasteiger partial charge < -0.3 is 9.30 Å². The van der Waals surface area contributed by atoms with Crippen LogP contribution in [0.4, 0.5) is 0 Å². The number of aromatic nitrogens is 1. The van der Waals surface area contributed by atoms with Gasteiger partial charge in [0.15, 0.2) is 5.75 Å². The zero-order valence-corrected chi connectivity index (χ0v) is 12.7. The Balaban J connectivity index is 2.09. The Labute approximate surface area is 129 Å². The topological polar surface area (TPSA) is 48.3 Å². The van der Waals surface area contributed by atoms with E-state index in [-0.39, 0.29) is 11.3 Å². The number of carbonyl (C=O) groups is 1. The molecular weight excluding hydrogens is 278 g/mol. The number of benzene rings is 1. The van der Waals surface area contributed by atoms with E-state index in [9.17, 15) is 9.59 Å². The monoisotopic (exact) mass is 297 g/mol. The average Bonchev–Trinajstić information content (AvgIpc) is 2.52. The molecule has 1 heterocycles. The van der Waals surface area contributed by atoms with Crippen molar-refractivity contribution in [3.05, 3.63) is 63.6 Å². The largest absolute Gasteiger partial charge is 0.421 e. The summed E-state index contributed by atoms with van der Waals surface area (Å²) in [7, 11) is 0. The molecule has 1 aromatic carbocycles. The second kappa shape index (κ2) is 6.18. The first-order chi connectivity index (χ1) is 10.6. The van der Waals surface area contributed by atoms with Crippen LogP contribution >= 0.6 is 0 Å². The Morgan fingerprint density at radius 1 is 1.18 bits per heavy atom. The molecule has 0 saturated heterocycles. The predicted octanol–water partition coefficient (Wildman–Crippen LogP) is 2.70. The minimum Gasteiger partial charge on any atom is -0.421 e. The van der Waals surface area contributed by atoms with Gasteiger partial charge in [0.1, 0.15) is 0 Å². The highest BCUT2D eigenvalue weighted by Gasteiger charge is 2.19. The van der Waals surface area contributed by atoms with Crippen molar-refractivity contribution in [1.82, 2.24) is 4.57 Å². The minimum absolute atomic E-state index is 0.143. The standard InChI is InChI=1S/C18H19NO3/c1-13(20)22-17-11-15-9-5-6-10-16(15)19(18(17)21)12-14-7-3-2-4-8-14/h2-4,7-8,11H,5-6,9-10,12H2,1H3. The summed E-state index contributed by atoms with van der Waals surface area (Å²) in [6, 6.07) is 11.6. The third-order valence-corrected chi connectivity index (χ3v) is 4.00. The number of carbonyl (C=O) groups excluding carboxylic acids is 1. The quantitative estimate of drug-likeness (QED) is 0.818. The molecule has 0 atom stereocenters. The van der Waals surface area contributed by atoms with Gasteiger partial charge in [-0.1, -0.05) is 30.3 Å². The molecule has 22 heavy (non-hydrogen) atoms. The second-order valence-corrected chi connectivity index (χ2v) is 5.66. The van der Waals surface area contributed by atoms with E-state index in [2.05, 4.69) is 0 Å². The molecule has 0 fully saturated rings. The Kier molecular flexibility index (Phi) is 4.09. The van der Waals surface area contributed by atoms with Crippen molar-refractivity contribution in [3.63, 3.8) is 0 Å². The van der Waals surface area contributed by atoms with Gasteiger partial charge in [-0.2, -0.15) is 0 Å². The van der Waals surface area contributed by atoms with Crippen LogP contribution in [0.1, 0.15) is 36.6 Å². The Morgan fingerprint density at radius 3 is 2.64 bits per heavy atom. The normalized spacial score (nSPS) is 13.5. The van der Waals surface area contributed by atoms with Crippen LogP contribution in [0, 0.1) is 0 Å². The van der Waals surface area contributed by atoms with Crippen LogP contribution < -0.4 is 10.3 Å². The summed E-state index contributed by atoms with van der Waals surface area (Å²) >= 11 is 0. The number of hydrogen-bond acceptors (Lipinski definition) is 3. The highest BCUT2D eigenvalue weighted by atomic mass is 16.5. The first-order valence-corrected chi connectivity index (χ1v) is 7.63. The lowest BCUT2D eigenvalue weighted by Crippen LogP contribution is -2.29. The van der Waals surface area contributed by atoms with E-state index >= 15 is 0 Å². The lowest BCUT2D eigenvalue weighted by atomic mass is 9.95. The number of fused-ring (bicyclic) bond motifs is 1. The zero-order valence-electron chi connectivity index (χ0n) is 12.7. The number of ether oxygens (including phenoxy) is 1. The van der Waals surface area contributed by atoms with Crippen molar-refractivity contribution in [2.75, 3.05) is 0 Å². The molecule has 0 bridgehead atoms. The van der Waals surface area contributed by atoms with Crippen LogP contribution in [0.2, 0.25) is 0 Å². The molecule has 1 aromatic heterocycles. The van der Waals surface area contributed by atoms with Crippen LogP contribution in [-0.2, 0) is 24.2 Å². The van der Waals surface area contributed by atoms with Crippen LogP contribution in [0.3, 0.4) is 0 Å². The molecule has 4 nitrogen and oxygen atoms in total. The molecule has 0 spiro atoms. The summed E-state index contributed by atoms with van der Waals surface area (Å²) in [6.45, 7) is 1.83. The molecule has 1 aliphatic carbocycles. The minimum atomic E-state index is -0.459. The predicted molar refractivity (Wildman–Crippen MR) is 84.2 cm³/mol. The van der Waals surface area contributed by atoms with Gasteiger partial charge in [-0.05, 0) is 42.9 Å². The van der Waals surface area contributed by atoms with Gasteiger partial charge in [-0.15, -0.1) is 0 Å². The summed E-state index contributed by atoms with van der Waals surface area (Å²) in [5.41, 5.74) is 3.05. The maximum absolute atomic E-state index is 12.7. The molecule has 0 radical (unpaired) electrons. The maximum atomic E-state index is 12.7. The smallest absolute Gasteiger partial charge is 0.308 e. The van der Waals surface area contributed by atoms with Crippen molar-refractivity contribution < 1.29 is 9.53 Å². The lowest BCUT2D eigenvalue weighted by Gasteiger charge is -2.22. The molecule has 114 valence electrons.